The number of para-hydroxylation sites is 2. The van der Waals surface area contributed by atoms with Crippen molar-refractivity contribution in [3.63, 3.8) is 0 Å². The Morgan fingerprint density at radius 1 is 1.06 bits per heavy atom. The molecule has 0 saturated heterocycles. The average Bonchev–Trinajstić information content (AvgIpc) is 3.41. The molecule has 1 atom stereocenters. The van der Waals surface area contributed by atoms with Gasteiger partial charge in [-0.05, 0) is 63.1 Å². The molecule has 2 aliphatic rings. The van der Waals surface area contributed by atoms with Gasteiger partial charge in [0, 0.05) is 18.2 Å². The van der Waals surface area contributed by atoms with Crippen molar-refractivity contribution >= 4 is 17.5 Å². The van der Waals surface area contributed by atoms with Gasteiger partial charge in [0.25, 0.3) is 0 Å². The Kier molecular flexibility index (Phi) is 4.93. The minimum atomic E-state index is -0.389. The van der Waals surface area contributed by atoms with Gasteiger partial charge in [0.15, 0.2) is 0 Å². The van der Waals surface area contributed by atoms with Gasteiger partial charge in [-0.2, -0.15) is 0 Å². The van der Waals surface area contributed by atoms with Gasteiger partial charge >= 0.3 is 0 Å². The number of furan rings is 1. The van der Waals surface area contributed by atoms with Crippen molar-refractivity contribution in [3.05, 3.63) is 72.4 Å². The Morgan fingerprint density at radius 2 is 1.84 bits per heavy atom. The Hall–Kier alpha value is -3.28. The van der Waals surface area contributed by atoms with Crippen molar-refractivity contribution in [1.82, 2.24) is 9.47 Å². The van der Waals surface area contributed by atoms with E-state index in [1.165, 1.54) is 0 Å². The Morgan fingerprint density at radius 3 is 2.48 bits per heavy atom. The van der Waals surface area contributed by atoms with Gasteiger partial charge in [-0.1, -0.05) is 18.6 Å². The molecule has 1 saturated carbocycles. The van der Waals surface area contributed by atoms with Crippen molar-refractivity contribution in [3.8, 4) is 5.69 Å². The standard InChI is InChI=1S/C25H27N3O3/c1-17(2)27(25(30)18-8-5-9-18)16-23(29)28-20-11-4-3-10-19(20)26-14-6-12-21(26)24(28)22-13-7-15-31-22/h3-4,6-7,10-15,17-18,24H,5,8-9,16H2,1-2H3. The van der Waals surface area contributed by atoms with E-state index in [2.05, 4.69) is 4.57 Å². The smallest absolute Gasteiger partial charge is 0.247 e. The summed E-state index contributed by atoms with van der Waals surface area (Å²) in [5.74, 6) is 0.742. The molecule has 1 aromatic carbocycles. The Labute approximate surface area is 182 Å². The van der Waals surface area contributed by atoms with Crippen LogP contribution < -0.4 is 4.90 Å². The van der Waals surface area contributed by atoms with Crippen molar-refractivity contribution in [1.29, 1.82) is 0 Å². The monoisotopic (exact) mass is 417 g/mol. The van der Waals surface area contributed by atoms with E-state index < -0.39 is 0 Å². The molecule has 2 amide bonds. The van der Waals surface area contributed by atoms with Crippen LogP contribution in [0.2, 0.25) is 0 Å². The molecule has 31 heavy (non-hydrogen) atoms. The normalized spacial score (nSPS) is 17.8. The molecule has 5 rings (SSSR count). The van der Waals surface area contributed by atoms with Crippen molar-refractivity contribution < 1.29 is 14.0 Å². The van der Waals surface area contributed by atoms with Gasteiger partial charge in [0.1, 0.15) is 18.3 Å². The zero-order valence-electron chi connectivity index (χ0n) is 17.9. The lowest BCUT2D eigenvalue weighted by Crippen LogP contribution is -2.50. The van der Waals surface area contributed by atoms with Gasteiger partial charge in [-0.25, -0.2) is 0 Å². The van der Waals surface area contributed by atoms with Gasteiger partial charge in [0.2, 0.25) is 11.8 Å². The third-order valence-electron chi connectivity index (χ3n) is 6.47. The van der Waals surface area contributed by atoms with Gasteiger partial charge in [-0.3, -0.25) is 14.5 Å². The first-order chi connectivity index (χ1) is 15.1. The molecule has 1 aliphatic heterocycles. The first-order valence-electron chi connectivity index (χ1n) is 11.0. The summed E-state index contributed by atoms with van der Waals surface area (Å²) in [5, 5.41) is 0. The molecule has 1 unspecified atom stereocenters. The fraction of sp³-hybridized carbons (Fsp3) is 0.360. The number of amides is 2. The minimum Gasteiger partial charge on any atom is -0.467 e. The minimum absolute atomic E-state index is 0.0389. The molecule has 6 nitrogen and oxygen atoms in total. The van der Waals surface area contributed by atoms with Crippen LogP contribution in [0.5, 0.6) is 0 Å². The third-order valence-corrected chi connectivity index (χ3v) is 6.47. The number of aromatic nitrogens is 1. The predicted octanol–water partition coefficient (Wildman–Crippen LogP) is 4.54. The molecule has 0 bridgehead atoms. The Bertz CT molecular complexity index is 1090. The topological polar surface area (TPSA) is 58.7 Å². The highest BCUT2D eigenvalue weighted by Crippen LogP contribution is 2.42. The third kappa shape index (κ3) is 3.26. The molecule has 1 fully saturated rings. The molecule has 3 heterocycles. The summed E-state index contributed by atoms with van der Waals surface area (Å²) in [6.45, 7) is 4.01. The second-order valence-corrected chi connectivity index (χ2v) is 8.66. The number of carbonyl (C=O) groups is 2. The second kappa shape index (κ2) is 7.76. The predicted molar refractivity (Wildman–Crippen MR) is 118 cm³/mol. The molecule has 3 aromatic rings. The van der Waals surface area contributed by atoms with Crippen molar-refractivity contribution in [2.75, 3.05) is 11.4 Å². The molecule has 0 radical (unpaired) electrons. The summed E-state index contributed by atoms with van der Waals surface area (Å²) in [4.78, 5) is 30.4. The zero-order chi connectivity index (χ0) is 21.5. The molecular weight excluding hydrogens is 390 g/mol. The van der Waals surface area contributed by atoms with E-state index in [4.69, 9.17) is 4.42 Å². The van der Waals surface area contributed by atoms with Gasteiger partial charge in [0.05, 0.1) is 23.3 Å². The number of hydrogen-bond acceptors (Lipinski definition) is 3. The first kappa shape index (κ1) is 19.7. The number of nitrogens with zero attached hydrogens (tertiary/aromatic N) is 3. The van der Waals surface area contributed by atoms with Crippen molar-refractivity contribution in [2.24, 2.45) is 5.92 Å². The van der Waals surface area contributed by atoms with Gasteiger partial charge < -0.3 is 13.9 Å². The molecule has 0 spiro atoms. The van der Waals surface area contributed by atoms with Crippen LogP contribution in [0.4, 0.5) is 5.69 Å². The second-order valence-electron chi connectivity index (χ2n) is 8.66. The van der Waals surface area contributed by atoms with Crippen LogP contribution in [0.25, 0.3) is 5.69 Å². The van der Waals surface area contributed by atoms with Crippen LogP contribution in [-0.4, -0.2) is 33.9 Å². The number of anilines is 1. The molecule has 0 N–H and O–H groups in total. The van der Waals surface area contributed by atoms with E-state index in [1.807, 2.05) is 68.6 Å². The van der Waals surface area contributed by atoms with Crippen LogP contribution in [-0.2, 0) is 9.59 Å². The molecule has 1 aliphatic carbocycles. The summed E-state index contributed by atoms with van der Waals surface area (Å²) >= 11 is 0. The van der Waals surface area contributed by atoms with E-state index in [1.54, 1.807) is 16.1 Å². The molecule has 160 valence electrons. The average molecular weight is 418 g/mol. The van der Waals surface area contributed by atoms with Crippen molar-refractivity contribution in [2.45, 2.75) is 45.2 Å². The highest BCUT2D eigenvalue weighted by atomic mass is 16.3. The van der Waals surface area contributed by atoms with Crippen LogP contribution in [0.3, 0.4) is 0 Å². The number of rotatable bonds is 5. The number of fused-ring (bicyclic) bond motifs is 3. The quantitative estimate of drug-likeness (QED) is 0.612. The first-order valence-corrected chi connectivity index (χ1v) is 11.0. The summed E-state index contributed by atoms with van der Waals surface area (Å²) in [6, 6.07) is 15.2. The summed E-state index contributed by atoms with van der Waals surface area (Å²) in [5.41, 5.74) is 2.72. The number of carbonyl (C=O) groups excluding carboxylic acids is 2. The molecular formula is C25H27N3O3. The van der Waals surface area contributed by atoms with Gasteiger partial charge in [-0.15, -0.1) is 0 Å². The fourth-order valence-electron chi connectivity index (χ4n) is 4.60. The molecule has 6 heteroatoms. The Balaban J connectivity index is 1.55. The maximum absolute atomic E-state index is 13.8. The zero-order valence-corrected chi connectivity index (χ0v) is 17.9. The van der Waals surface area contributed by atoms with Crippen LogP contribution in [0.15, 0.2) is 65.4 Å². The lowest BCUT2D eigenvalue weighted by molar-refractivity contribution is -0.143. The summed E-state index contributed by atoms with van der Waals surface area (Å²) in [7, 11) is 0. The summed E-state index contributed by atoms with van der Waals surface area (Å²) in [6.07, 6.45) is 6.57. The number of benzene rings is 1. The van der Waals surface area contributed by atoms with Crippen LogP contribution in [0, 0.1) is 5.92 Å². The molecule has 2 aromatic heterocycles. The van der Waals surface area contributed by atoms with E-state index in [0.29, 0.717) is 5.76 Å². The van der Waals surface area contributed by atoms with E-state index in [9.17, 15) is 9.59 Å². The lowest BCUT2D eigenvalue weighted by atomic mass is 9.84. The maximum atomic E-state index is 13.8. The highest BCUT2D eigenvalue weighted by molar-refractivity contribution is 6.00. The van der Waals surface area contributed by atoms with Crippen LogP contribution in [0.1, 0.15) is 50.6 Å². The van der Waals surface area contributed by atoms with E-state index >= 15 is 0 Å². The van der Waals surface area contributed by atoms with Crippen LogP contribution >= 0.6 is 0 Å². The number of hydrogen-bond donors (Lipinski definition) is 0. The fourth-order valence-corrected chi connectivity index (χ4v) is 4.60. The lowest BCUT2D eigenvalue weighted by Gasteiger charge is -2.39. The maximum Gasteiger partial charge on any atom is 0.247 e. The van der Waals surface area contributed by atoms with E-state index in [0.717, 1.165) is 36.3 Å². The SMILES string of the molecule is CC(C)N(CC(=O)N1c2ccccc2-n2cccc2C1c1ccco1)C(=O)C1CCC1. The highest BCUT2D eigenvalue weighted by Gasteiger charge is 2.39. The van der Waals surface area contributed by atoms with E-state index in [-0.39, 0.29) is 36.4 Å². The largest absolute Gasteiger partial charge is 0.467 e. The summed E-state index contributed by atoms with van der Waals surface area (Å²) < 4.78 is 7.87.